The first-order valence-corrected chi connectivity index (χ1v) is 9.36. The average Bonchev–Trinajstić information content (AvgIpc) is 3.06. The molecule has 5 heteroatoms. The fraction of sp³-hybridized carbons (Fsp3) is 0.364. The van der Waals surface area contributed by atoms with E-state index in [1.807, 2.05) is 68.4 Å². The quantitative estimate of drug-likeness (QED) is 0.661. The van der Waals surface area contributed by atoms with Crippen LogP contribution in [0, 0.1) is 0 Å². The van der Waals surface area contributed by atoms with E-state index in [9.17, 15) is 9.90 Å². The first kappa shape index (κ1) is 19.1. The molecule has 0 bridgehead atoms. The van der Waals surface area contributed by atoms with Crippen molar-refractivity contribution in [3.05, 3.63) is 66.0 Å². The molecular weight excluding hydrogens is 340 g/mol. The molecule has 2 aromatic carbocycles. The van der Waals surface area contributed by atoms with Crippen molar-refractivity contribution in [3.8, 4) is 0 Å². The van der Waals surface area contributed by atoms with Gasteiger partial charge in [-0.2, -0.15) is 0 Å². The van der Waals surface area contributed by atoms with Gasteiger partial charge in [0.1, 0.15) is 11.7 Å². The number of aliphatic hydroxyl groups excluding tert-OH is 1. The Kier molecular flexibility index (Phi) is 5.61. The second kappa shape index (κ2) is 7.92. The zero-order valence-electron chi connectivity index (χ0n) is 16.1. The second-order valence-corrected chi connectivity index (χ2v) is 7.34. The van der Waals surface area contributed by atoms with Gasteiger partial charge >= 0.3 is 6.09 Å². The lowest BCUT2D eigenvalue weighted by Crippen LogP contribution is -2.31. The lowest BCUT2D eigenvalue weighted by molar-refractivity contribution is 0.0312. The number of hydrogen-bond acceptors (Lipinski definition) is 4. The molecule has 0 amide bonds. The van der Waals surface area contributed by atoms with Crippen LogP contribution in [0.15, 0.2) is 54.6 Å². The number of carbonyl (C=O) groups excluding carboxylic acids is 1. The van der Waals surface area contributed by atoms with Crippen LogP contribution < -0.4 is 0 Å². The van der Waals surface area contributed by atoms with E-state index in [2.05, 4.69) is 11.9 Å². The van der Waals surface area contributed by atoms with Crippen LogP contribution in [0.2, 0.25) is 0 Å². The predicted octanol–water partition coefficient (Wildman–Crippen LogP) is 5.07. The van der Waals surface area contributed by atoms with Gasteiger partial charge in [-0.3, -0.25) is 0 Å². The smallest absolute Gasteiger partial charge is 0.420 e. The molecule has 3 aromatic rings. The van der Waals surface area contributed by atoms with Crippen molar-refractivity contribution in [1.82, 2.24) is 9.55 Å². The average molecular weight is 366 g/mol. The van der Waals surface area contributed by atoms with E-state index in [0.29, 0.717) is 16.6 Å². The topological polar surface area (TPSA) is 64.3 Å². The summed E-state index contributed by atoms with van der Waals surface area (Å²) < 4.78 is 7.18. The minimum Gasteiger partial charge on any atom is -0.443 e. The highest BCUT2D eigenvalue weighted by molar-refractivity contribution is 5.87. The maximum Gasteiger partial charge on any atom is 0.420 e. The Bertz CT molecular complexity index is 916. The van der Waals surface area contributed by atoms with E-state index < -0.39 is 17.8 Å². The van der Waals surface area contributed by atoms with Crippen LogP contribution in [0.25, 0.3) is 11.0 Å². The van der Waals surface area contributed by atoms with Crippen molar-refractivity contribution in [3.63, 3.8) is 0 Å². The third-order valence-corrected chi connectivity index (χ3v) is 4.63. The zero-order chi connectivity index (χ0) is 19.4. The van der Waals surface area contributed by atoms with Gasteiger partial charge in [0.25, 0.3) is 0 Å². The maximum atomic E-state index is 13.0. The molecule has 1 aromatic heterocycles. The van der Waals surface area contributed by atoms with E-state index >= 15 is 0 Å². The summed E-state index contributed by atoms with van der Waals surface area (Å²) in [5, 5.41) is 10.9. The van der Waals surface area contributed by atoms with Crippen molar-refractivity contribution in [2.45, 2.75) is 51.7 Å². The van der Waals surface area contributed by atoms with Crippen LogP contribution in [0.3, 0.4) is 0 Å². The molecule has 0 saturated heterocycles. The van der Waals surface area contributed by atoms with Crippen molar-refractivity contribution >= 4 is 17.1 Å². The molecule has 0 fully saturated rings. The number of hydrogen-bond donors (Lipinski definition) is 1. The van der Waals surface area contributed by atoms with Gasteiger partial charge in [-0.1, -0.05) is 55.8 Å². The number of unbranched alkanes of at least 4 members (excludes halogenated alkanes) is 1. The van der Waals surface area contributed by atoms with E-state index in [-0.39, 0.29) is 5.82 Å². The molecule has 0 radical (unpaired) electrons. The molecule has 0 aliphatic carbocycles. The Morgan fingerprint density at radius 3 is 2.52 bits per heavy atom. The first-order chi connectivity index (χ1) is 12.9. The molecule has 0 aliphatic heterocycles. The molecule has 142 valence electrons. The lowest BCUT2D eigenvalue weighted by atomic mass is 10.0. The lowest BCUT2D eigenvalue weighted by Gasteiger charge is -2.25. The monoisotopic (exact) mass is 366 g/mol. The largest absolute Gasteiger partial charge is 0.443 e. The zero-order valence-corrected chi connectivity index (χ0v) is 16.1. The third kappa shape index (κ3) is 4.19. The molecule has 3 rings (SSSR count). The molecule has 1 heterocycles. The highest BCUT2D eigenvalue weighted by Gasteiger charge is 2.28. The van der Waals surface area contributed by atoms with Gasteiger partial charge < -0.3 is 9.84 Å². The number of carbonyl (C=O) groups is 1. The summed E-state index contributed by atoms with van der Waals surface area (Å²) in [6, 6.07) is 16.5. The minimum absolute atomic E-state index is 0.263. The SMILES string of the molecule is CCCCC(C)(C)OC(=O)n1c(C(O)c2ccccc2)nc2ccccc21. The van der Waals surface area contributed by atoms with Crippen molar-refractivity contribution in [2.75, 3.05) is 0 Å². The van der Waals surface area contributed by atoms with Crippen molar-refractivity contribution in [2.24, 2.45) is 0 Å². The minimum atomic E-state index is -1.02. The molecule has 27 heavy (non-hydrogen) atoms. The standard InChI is InChI=1S/C22H26N2O3/c1-4-5-15-22(2,3)27-21(26)24-18-14-10-9-13-17(18)23-20(24)19(25)16-11-7-6-8-12-16/h6-14,19,25H,4-5,15H2,1-3H3. The van der Waals surface area contributed by atoms with Crippen LogP contribution >= 0.6 is 0 Å². The summed E-state index contributed by atoms with van der Waals surface area (Å²) >= 11 is 0. The molecular formula is C22H26N2O3. The van der Waals surface area contributed by atoms with Crippen molar-refractivity contribution in [1.29, 1.82) is 0 Å². The Morgan fingerprint density at radius 1 is 1.15 bits per heavy atom. The van der Waals surface area contributed by atoms with Crippen LogP contribution in [-0.4, -0.2) is 26.4 Å². The van der Waals surface area contributed by atoms with Gasteiger partial charge in [0.2, 0.25) is 0 Å². The summed E-state index contributed by atoms with van der Waals surface area (Å²) in [7, 11) is 0. The van der Waals surface area contributed by atoms with Gasteiger partial charge in [-0.05, 0) is 44.4 Å². The van der Waals surface area contributed by atoms with Crippen LogP contribution in [0.5, 0.6) is 0 Å². The predicted molar refractivity (Wildman–Crippen MR) is 106 cm³/mol. The van der Waals surface area contributed by atoms with Gasteiger partial charge in [0.15, 0.2) is 5.82 Å². The number of benzene rings is 2. The number of aromatic nitrogens is 2. The van der Waals surface area contributed by atoms with Crippen LogP contribution in [0.1, 0.15) is 57.5 Å². The molecule has 5 nitrogen and oxygen atoms in total. The summed E-state index contributed by atoms with van der Waals surface area (Å²) in [6.45, 7) is 5.93. The Morgan fingerprint density at radius 2 is 1.81 bits per heavy atom. The summed E-state index contributed by atoms with van der Waals surface area (Å²) in [4.78, 5) is 17.6. The molecule has 1 N–H and O–H groups in total. The van der Waals surface area contributed by atoms with E-state index in [1.54, 1.807) is 0 Å². The van der Waals surface area contributed by atoms with E-state index in [1.165, 1.54) is 4.57 Å². The number of para-hydroxylation sites is 2. The number of fused-ring (bicyclic) bond motifs is 1. The van der Waals surface area contributed by atoms with Crippen LogP contribution in [-0.2, 0) is 4.74 Å². The fourth-order valence-electron chi connectivity index (χ4n) is 3.14. The van der Waals surface area contributed by atoms with Crippen LogP contribution in [0.4, 0.5) is 4.79 Å². The number of nitrogens with zero attached hydrogens (tertiary/aromatic N) is 2. The molecule has 1 unspecified atom stereocenters. The normalized spacial score (nSPS) is 12.9. The Hall–Kier alpha value is -2.66. The number of rotatable bonds is 6. The van der Waals surface area contributed by atoms with Gasteiger partial charge in [-0.25, -0.2) is 14.3 Å². The van der Waals surface area contributed by atoms with Gasteiger partial charge in [-0.15, -0.1) is 0 Å². The molecule has 1 atom stereocenters. The highest BCUT2D eigenvalue weighted by atomic mass is 16.6. The second-order valence-electron chi connectivity index (χ2n) is 7.34. The number of aliphatic hydroxyl groups is 1. The van der Waals surface area contributed by atoms with E-state index in [0.717, 1.165) is 19.3 Å². The van der Waals surface area contributed by atoms with E-state index in [4.69, 9.17) is 4.74 Å². The molecule has 0 spiro atoms. The molecule has 0 aliphatic rings. The summed E-state index contributed by atoms with van der Waals surface area (Å²) in [5.74, 6) is 0.263. The Labute approximate surface area is 159 Å². The summed E-state index contributed by atoms with van der Waals surface area (Å²) in [6.07, 6.45) is 1.25. The molecule has 0 saturated carbocycles. The van der Waals surface area contributed by atoms with Crippen molar-refractivity contribution < 1.29 is 14.6 Å². The third-order valence-electron chi connectivity index (χ3n) is 4.63. The summed E-state index contributed by atoms with van der Waals surface area (Å²) in [5.41, 5.74) is 1.35. The first-order valence-electron chi connectivity index (χ1n) is 9.36. The number of ether oxygens (including phenoxy) is 1. The highest BCUT2D eigenvalue weighted by Crippen LogP contribution is 2.27. The Balaban J connectivity index is 2.02. The maximum absolute atomic E-state index is 13.0. The van der Waals surface area contributed by atoms with Gasteiger partial charge in [0.05, 0.1) is 11.0 Å². The fourth-order valence-corrected chi connectivity index (χ4v) is 3.14. The van der Waals surface area contributed by atoms with Gasteiger partial charge in [0, 0.05) is 0 Å². The number of imidazole rings is 1.